The summed E-state index contributed by atoms with van der Waals surface area (Å²) >= 11 is 0. The average Bonchev–Trinajstić information content (AvgIpc) is 0.759. The first-order valence-electron chi connectivity index (χ1n) is 38.9. The van der Waals surface area contributed by atoms with Gasteiger partial charge in [-0.25, -0.2) is 9.59 Å². The Morgan fingerprint density at radius 1 is 0.350 bits per heavy atom. The van der Waals surface area contributed by atoms with Gasteiger partial charge in [0.1, 0.15) is 158 Å². The third kappa shape index (κ3) is 31.7. The number of carbonyl (C=O) groups excluding carboxylic acids is 10. The summed E-state index contributed by atoms with van der Waals surface area (Å²) in [5.74, 6) is -19.5. The lowest BCUT2D eigenvalue weighted by Crippen LogP contribution is -2.72. The molecule has 123 heavy (non-hydrogen) atoms. The highest BCUT2D eigenvalue weighted by Crippen LogP contribution is 2.36. The van der Waals surface area contributed by atoms with Crippen molar-refractivity contribution < 1.29 is 191 Å². The molecule has 4 saturated heterocycles. The number of amides is 10. The lowest BCUT2D eigenvalue weighted by molar-refractivity contribution is -0.364. The number of aliphatic hydroxyl groups excluding tert-OH is 8. The highest BCUT2D eigenvalue weighted by molar-refractivity contribution is 5.94. The second kappa shape index (κ2) is 50.0. The fourth-order valence-electron chi connectivity index (χ4n) is 12.9. The van der Waals surface area contributed by atoms with E-state index in [1.807, 2.05) is 0 Å². The Morgan fingerprint density at radius 2 is 0.691 bits per heavy atom. The highest BCUT2D eigenvalue weighted by Gasteiger charge is 2.57. The van der Waals surface area contributed by atoms with Crippen molar-refractivity contribution in [3.05, 3.63) is 0 Å². The van der Waals surface area contributed by atoms with E-state index >= 15 is 0 Å². The first-order chi connectivity index (χ1) is 57.5. The Kier molecular flexibility index (Phi) is 43.1. The Labute approximate surface area is 700 Å². The largest absolute Gasteiger partial charge is 0.480 e. The predicted octanol–water partition coefficient (Wildman–Crippen LogP) is -13.7. The van der Waals surface area contributed by atoms with Crippen LogP contribution in [0.25, 0.3) is 0 Å². The predicted molar refractivity (Wildman–Crippen MR) is 404 cm³/mol. The van der Waals surface area contributed by atoms with Crippen molar-refractivity contribution in [3.63, 3.8) is 0 Å². The maximum atomic E-state index is 14.2. The van der Waals surface area contributed by atoms with Gasteiger partial charge in [0.15, 0.2) is 25.2 Å². The zero-order valence-electron chi connectivity index (χ0n) is 68.2. The molecule has 4 fully saturated rings. The second-order valence-corrected chi connectivity index (χ2v) is 29.8. The van der Waals surface area contributed by atoms with E-state index in [1.165, 1.54) is 0 Å². The summed E-state index contributed by atoms with van der Waals surface area (Å²) in [5, 5.41) is 168. The summed E-state index contributed by atoms with van der Waals surface area (Å²) in [6, 6.07) is -22.9. The molecule has 10 amide bonds. The van der Waals surface area contributed by atoms with E-state index < -0.39 is 342 Å². The second-order valence-electron chi connectivity index (χ2n) is 29.8. The molecule has 32 atom stereocenters. The summed E-state index contributed by atoms with van der Waals surface area (Å²) in [6.07, 6.45) is -38.0. The monoisotopic (exact) mass is 1780 g/mol. The summed E-state index contributed by atoms with van der Waals surface area (Å²) in [6.45, 7) is 4.16. The van der Waals surface area contributed by atoms with E-state index in [2.05, 4.69) is 53.2 Å². The van der Waals surface area contributed by atoms with E-state index in [9.17, 15) is 143 Å². The molecule has 0 spiro atoms. The molecule has 0 saturated carbocycles. The van der Waals surface area contributed by atoms with Crippen LogP contribution in [0, 0.1) is 0 Å². The van der Waals surface area contributed by atoms with E-state index in [1.54, 1.807) is 0 Å². The topological polar surface area (TPSA) is 864 Å². The van der Waals surface area contributed by atoms with Crippen LogP contribution < -0.4 is 76.1 Å². The van der Waals surface area contributed by atoms with Crippen LogP contribution in [-0.4, -0.2) is 388 Å². The number of hydrogen-bond donors (Lipinski definition) is 28. The molecule has 700 valence electrons. The smallest absolute Gasteiger partial charge is 0.326 e. The van der Waals surface area contributed by atoms with Crippen molar-refractivity contribution in [3.8, 4) is 0 Å². The summed E-state index contributed by atoms with van der Waals surface area (Å²) < 4.78 is 54.8. The average molecular weight is 1780 g/mol. The molecule has 53 nitrogen and oxygen atoms in total. The minimum absolute atomic E-state index is 0.0569. The zero-order valence-corrected chi connectivity index (χ0v) is 68.2. The van der Waals surface area contributed by atoms with Crippen LogP contribution in [0.2, 0.25) is 0 Å². The van der Waals surface area contributed by atoms with E-state index in [0.29, 0.717) is 0 Å². The lowest BCUT2D eigenvalue weighted by atomic mass is 9.93. The Balaban J connectivity index is 1.61. The van der Waals surface area contributed by atoms with Crippen LogP contribution in [0.1, 0.15) is 120 Å². The van der Waals surface area contributed by atoms with Crippen LogP contribution in [0.3, 0.4) is 0 Å². The number of aliphatic hydroxyl groups is 8. The van der Waals surface area contributed by atoms with Gasteiger partial charge in [0.05, 0.1) is 38.5 Å². The van der Waals surface area contributed by atoms with Gasteiger partial charge in [-0.2, -0.15) is 0 Å². The molecule has 0 aromatic rings. The van der Waals surface area contributed by atoms with Gasteiger partial charge < -0.3 is 190 Å². The molecule has 53 heteroatoms. The third-order valence-electron chi connectivity index (χ3n) is 20.0. The SMILES string of the molecule is CC(=O)NC1C(O)OC(CO)C(OC2OC(CO)C(OC3OC(CO)C(OC4OC(CO)C(O)C(O)C4N)C(OC(C)C(=O)NC(C)C(=O)NC(CCC(=O)NC(CCCC(N)C(=O)O)C(=O)NC(C)C(=O)O)C(=O)O)C3NC(C)=O)C(O)C2N)C1OC(C)C(=O)NC(C)C(=O)NC(CCC(=O)NC(CCCC(N)C(=O)O)C(=O)NC(C)C(=O)O)C(=O)O. The molecule has 0 bridgehead atoms. The molecule has 4 rings (SSSR count). The summed E-state index contributed by atoms with van der Waals surface area (Å²) in [4.78, 5) is 204. The minimum Gasteiger partial charge on any atom is -0.480 e. The molecule has 0 radical (unpaired) electrons. The van der Waals surface area contributed by atoms with Crippen molar-refractivity contribution in [2.24, 2.45) is 22.9 Å². The van der Waals surface area contributed by atoms with Crippen LogP contribution in [0.5, 0.6) is 0 Å². The normalized spacial score (nSPS) is 29.3. The van der Waals surface area contributed by atoms with Crippen molar-refractivity contribution in [2.75, 3.05) is 26.4 Å². The van der Waals surface area contributed by atoms with E-state index in [4.69, 9.17) is 70.7 Å². The number of nitrogens with one attached hydrogen (secondary N) is 10. The van der Waals surface area contributed by atoms with Gasteiger partial charge in [0, 0.05) is 26.7 Å². The van der Waals surface area contributed by atoms with Gasteiger partial charge in [-0.1, -0.05) is 0 Å². The first kappa shape index (κ1) is 106. The molecule has 0 aromatic heterocycles. The molecule has 4 heterocycles. The number of ether oxygens (including phenoxy) is 9. The Bertz CT molecular complexity index is 3610. The third-order valence-corrected chi connectivity index (χ3v) is 20.0. The number of aliphatic carboxylic acids is 6. The molecular weight excluding hydrogens is 1660 g/mol. The van der Waals surface area contributed by atoms with Crippen LogP contribution in [-0.2, 0) is 119 Å². The van der Waals surface area contributed by atoms with Gasteiger partial charge in [-0.05, 0) is 92.9 Å². The number of nitrogens with two attached hydrogens (primary N) is 4. The highest BCUT2D eigenvalue weighted by atomic mass is 16.8. The standard InChI is InChI=1S/C70H116N14O39/c1-23(55(96)83-35(65(110)111)15-17-41(91)81-33(13-9-11-31(71)63(106)107)59(100)77-25(3)61(102)103)75-57(98)27(5)115-53-45(79-29(7)89)67(114)117-39(21-87)51(53)122-69-44(74)49(95)50(38(20-86)119-69)121-70-46(80-30(8)90)54(52(40(22-88)120-70)123-68-43(73)48(94)47(93)37(19-85)118-68)116-28(6)58(99)76-24(2)56(97)84-36(66(112)113)16-18-42(92)82-34(14-10-12-32(72)64(108)109)60(101)78-26(4)62(104)105/h23-28,31-40,43-54,67-70,85-88,93-95,114H,9-22,71-74H2,1-8H3,(H,75,98)(H,76,99)(H,77,100)(H,78,101)(H,79,89)(H,80,90)(H,81,91)(H,82,92)(H,83,96)(H,84,97)(H,102,103)(H,104,105)(H,106,107)(H,108,109)(H,110,111)(H,112,113). The zero-order chi connectivity index (χ0) is 93.0. The minimum atomic E-state index is -2.16. The van der Waals surface area contributed by atoms with Crippen molar-refractivity contribution in [1.29, 1.82) is 0 Å². The fourth-order valence-corrected chi connectivity index (χ4v) is 12.9. The first-order valence-corrected chi connectivity index (χ1v) is 38.9. The van der Waals surface area contributed by atoms with Gasteiger partial charge in [0.25, 0.3) is 0 Å². The molecule has 32 N–H and O–H groups in total. The Morgan fingerprint density at radius 3 is 1.07 bits per heavy atom. The van der Waals surface area contributed by atoms with E-state index in [-0.39, 0.29) is 38.5 Å². The van der Waals surface area contributed by atoms with Crippen molar-refractivity contribution in [2.45, 2.75) is 315 Å². The molecule has 0 aliphatic carbocycles. The van der Waals surface area contributed by atoms with Crippen molar-refractivity contribution >= 4 is 94.9 Å². The molecule has 4 aliphatic heterocycles. The summed E-state index contributed by atoms with van der Waals surface area (Å²) in [5.41, 5.74) is 24.0. The molecule has 32 unspecified atom stereocenters. The summed E-state index contributed by atoms with van der Waals surface area (Å²) in [7, 11) is 0. The fraction of sp³-hybridized carbons (Fsp3) is 0.771. The van der Waals surface area contributed by atoms with Gasteiger partial charge in [-0.3, -0.25) is 67.1 Å². The van der Waals surface area contributed by atoms with Crippen LogP contribution in [0.4, 0.5) is 0 Å². The number of rotatable bonds is 50. The maximum absolute atomic E-state index is 14.2. The lowest BCUT2D eigenvalue weighted by Gasteiger charge is -2.51. The number of hydrogen-bond acceptors (Lipinski definition) is 37. The van der Waals surface area contributed by atoms with Gasteiger partial charge >= 0.3 is 35.8 Å². The van der Waals surface area contributed by atoms with Crippen LogP contribution >= 0.6 is 0 Å². The molecular formula is C70H116N14O39. The van der Waals surface area contributed by atoms with Crippen molar-refractivity contribution in [1.82, 2.24) is 53.2 Å². The number of carboxylic acid groups (broad SMARTS) is 6. The van der Waals surface area contributed by atoms with Gasteiger partial charge in [-0.15, -0.1) is 0 Å². The number of carboxylic acids is 6. The number of carbonyl (C=O) groups is 16. The van der Waals surface area contributed by atoms with Crippen LogP contribution in [0.15, 0.2) is 0 Å². The van der Waals surface area contributed by atoms with E-state index in [0.717, 1.165) is 55.4 Å². The van der Waals surface area contributed by atoms with Gasteiger partial charge in [0.2, 0.25) is 59.1 Å². The molecule has 0 aromatic carbocycles. The Hall–Kier alpha value is -9.32. The maximum Gasteiger partial charge on any atom is 0.326 e. The molecule has 4 aliphatic rings. The quantitative estimate of drug-likeness (QED) is 0.0269.